The van der Waals surface area contributed by atoms with E-state index in [-0.39, 0.29) is 26.1 Å². The van der Waals surface area contributed by atoms with Gasteiger partial charge in [0.1, 0.15) is 19.8 Å². The van der Waals surface area contributed by atoms with Crippen molar-refractivity contribution in [1.82, 2.24) is 0 Å². The van der Waals surface area contributed by atoms with Gasteiger partial charge in [-0.1, -0.05) is 122 Å². The van der Waals surface area contributed by atoms with Crippen molar-refractivity contribution in [3.8, 4) is 0 Å². The second-order valence-electron chi connectivity index (χ2n) is 14.6. The summed E-state index contributed by atoms with van der Waals surface area (Å²) >= 11 is 0. The lowest BCUT2D eigenvalue weighted by Crippen LogP contribution is -2.37. The van der Waals surface area contributed by atoms with Crippen LogP contribution in [0.25, 0.3) is 0 Å². The summed E-state index contributed by atoms with van der Waals surface area (Å²) < 4.78 is 33.7. The molecule has 0 bridgehead atoms. The predicted molar refractivity (Wildman–Crippen MR) is 204 cm³/mol. The molecule has 0 fully saturated rings. The first-order valence-corrected chi connectivity index (χ1v) is 21.5. The molecular weight excluding hydrogens is 653 g/mol. The molecule has 0 radical (unpaired) electrons. The third-order valence-electron chi connectivity index (χ3n) is 8.44. The molecule has 0 aromatic heterocycles. The molecule has 0 spiro atoms. The van der Waals surface area contributed by atoms with Gasteiger partial charge in [0.15, 0.2) is 6.10 Å². The van der Waals surface area contributed by atoms with Gasteiger partial charge < -0.3 is 27.9 Å². The van der Waals surface area contributed by atoms with Gasteiger partial charge in [0, 0.05) is 12.8 Å². The van der Waals surface area contributed by atoms with E-state index in [1.165, 1.54) is 64.2 Å². The Kier molecular flexibility index (Phi) is 32.3. The molecule has 0 N–H and O–H groups in total. The Labute approximate surface area is 307 Å². The Morgan fingerprint density at radius 1 is 0.600 bits per heavy atom. The summed E-state index contributed by atoms with van der Waals surface area (Å²) in [5, 5.41) is 0. The molecule has 0 amide bonds. The largest absolute Gasteiger partial charge is 0.756 e. The average Bonchev–Trinajstić information content (AvgIpc) is 3.06. The molecule has 0 aliphatic carbocycles. The lowest BCUT2D eigenvalue weighted by Gasteiger charge is -2.28. The Balaban J connectivity index is 4.40. The maximum Gasteiger partial charge on any atom is 0.306 e. The first-order chi connectivity index (χ1) is 24.0. The number of phosphoric acid groups is 1. The lowest BCUT2D eigenvalue weighted by molar-refractivity contribution is -0.870. The third kappa shape index (κ3) is 36.3. The van der Waals surface area contributed by atoms with Crippen molar-refractivity contribution in [3.63, 3.8) is 0 Å². The lowest BCUT2D eigenvalue weighted by atomic mass is 10.1. The summed E-state index contributed by atoms with van der Waals surface area (Å²) in [4.78, 5) is 37.3. The van der Waals surface area contributed by atoms with Crippen LogP contribution < -0.4 is 4.89 Å². The summed E-state index contributed by atoms with van der Waals surface area (Å²) in [6.45, 7) is 4.15. The number of hydrogen-bond acceptors (Lipinski definition) is 8. The Morgan fingerprint density at radius 3 is 1.54 bits per heavy atom. The summed E-state index contributed by atoms with van der Waals surface area (Å²) in [6, 6.07) is 0. The monoisotopic (exact) mass is 730 g/mol. The maximum absolute atomic E-state index is 12.6. The number of unbranched alkanes of at least 4 members (excludes halogenated alkanes) is 18. The molecule has 9 nitrogen and oxygen atoms in total. The standard InChI is InChI=1S/C40H76NO8P/c1-6-8-10-12-14-16-18-19-20-21-23-24-26-28-30-32-39(42)46-36-38(37-48-50(44,45)47-35-34-41(3,4)5)49-40(43)33-31-29-27-25-22-17-15-13-11-9-7-2/h13,15-16,18,38H,6-12,14,17,19-37H2,1-5H3/b15-13-,18-16-/t38-/m1/s1. The minimum absolute atomic E-state index is 0.0323. The summed E-state index contributed by atoms with van der Waals surface area (Å²) in [5.41, 5.74) is 0. The number of rotatable bonds is 36. The molecule has 2 atom stereocenters. The summed E-state index contributed by atoms with van der Waals surface area (Å²) in [5.74, 6) is -0.851. The zero-order valence-electron chi connectivity index (χ0n) is 32.8. The Bertz CT molecular complexity index is 918. The van der Waals surface area contributed by atoms with Gasteiger partial charge >= 0.3 is 11.9 Å². The van der Waals surface area contributed by atoms with Gasteiger partial charge in [0.25, 0.3) is 7.82 Å². The Morgan fingerprint density at radius 2 is 1.04 bits per heavy atom. The van der Waals surface area contributed by atoms with Gasteiger partial charge in [-0.25, -0.2) is 0 Å². The van der Waals surface area contributed by atoms with Crippen LogP contribution in [0.4, 0.5) is 0 Å². The van der Waals surface area contributed by atoms with Crippen LogP contribution in [-0.4, -0.2) is 70.0 Å². The smallest absolute Gasteiger partial charge is 0.306 e. The van der Waals surface area contributed by atoms with Crippen molar-refractivity contribution in [2.45, 2.75) is 174 Å². The molecule has 0 saturated heterocycles. The number of carbonyl (C=O) groups is 2. The second-order valence-corrected chi connectivity index (χ2v) is 16.1. The van der Waals surface area contributed by atoms with E-state index in [1.54, 1.807) is 0 Å². The van der Waals surface area contributed by atoms with E-state index in [2.05, 4.69) is 38.2 Å². The zero-order valence-corrected chi connectivity index (χ0v) is 33.7. The molecule has 0 aliphatic heterocycles. The molecule has 50 heavy (non-hydrogen) atoms. The van der Waals surface area contributed by atoms with Gasteiger partial charge in [-0.2, -0.15) is 0 Å². The predicted octanol–water partition coefficient (Wildman–Crippen LogP) is 10.2. The highest BCUT2D eigenvalue weighted by Gasteiger charge is 2.21. The Hall–Kier alpha value is -1.51. The van der Waals surface area contributed by atoms with Crippen LogP contribution in [0.5, 0.6) is 0 Å². The minimum atomic E-state index is -4.62. The van der Waals surface area contributed by atoms with Gasteiger partial charge in [-0.15, -0.1) is 0 Å². The van der Waals surface area contributed by atoms with E-state index in [4.69, 9.17) is 18.5 Å². The van der Waals surface area contributed by atoms with Crippen LogP contribution in [-0.2, 0) is 32.7 Å². The average molecular weight is 730 g/mol. The molecule has 0 rings (SSSR count). The van der Waals surface area contributed by atoms with Gasteiger partial charge in [-0.3, -0.25) is 14.2 Å². The number of nitrogens with zero attached hydrogens (tertiary/aromatic N) is 1. The number of carbonyl (C=O) groups excluding carboxylic acids is 2. The van der Waals surface area contributed by atoms with E-state index in [9.17, 15) is 19.0 Å². The highest BCUT2D eigenvalue weighted by Crippen LogP contribution is 2.38. The van der Waals surface area contributed by atoms with Gasteiger partial charge in [-0.05, 0) is 57.8 Å². The van der Waals surface area contributed by atoms with E-state index in [0.717, 1.165) is 70.6 Å². The molecule has 294 valence electrons. The van der Waals surface area contributed by atoms with Gasteiger partial charge in [0.2, 0.25) is 0 Å². The van der Waals surface area contributed by atoms with Crippen LogP contribution in [0.15, 0.2) is 24.3 Å². The van der Waals surface area contributed by atoms with E-state index < -0.39 is 32.5 Å². The first-order valence-electron chi connectivity index (χ1n) is 20.0. The number of esters is 2. The fourth-order valence-corrected chi connectivity index (χ4v) is 5.95. The van der Waals surface area contributed by atoms with Crippen molar-refractivity contribution in [1.29, 1.82) is 0 Å². The summed E-state index contributed by atoms with van der Waals surface area (Å²) in [6.07, 6.45) is 33.4. The first kappa shape index (κ1) is 48.5. The minimum Gasteiger partial charge on any atom is -0.756 e. The fraction of sp³-hybridized carbons (Fsp3) is 0.850. The SMILES string of the molecule is CCCC/C=C\CCCCCCCC(=O)O[C@H](COC(=O)CCCCCCCCC/C=C\CCCCCC)COP(=O)([O-])OCC[N+](C)(C)C. The van der Waals surface area contributed by atoms with Crippen LogP contribution in [0.1, 0.15) is 168 Å². The van der Waals surface area contributed by atoms with Crippen molar-refractivity contribution in [2.75, 3.05) is 47.5 Å². The molecule has 0 aromatic carbocycles. The van der Waals surface area contributed by atoms with Crippen LogP contribution in [0.3, 0.4) is 0 Å². The van der Waals surface area contributed by atoms with E-state index >= 15 is 0 Å². The quantitative estimate of drug-likeness (QED) is 0.0206. The van der Waals surface area contributed by atoms with Crippen molar-refractivity contribution in [3.05, 3.63) is 24.3 Å². The topological polar surface area (TPSA) is 111 Å². The van der Waals surface area contributed by atoms with Crippen LogP contribution in [0.2, 0.25) is 0 Å². The highest BCUT2D eigenvalue weighted by atomic mass is 31.2. The van der Waals surface area contributed by atoms with Crippen molar-refractivity contribution >= 4 is 19.8 Å². The normalized spacial score (nSPS) is 14.0. The fourth-order valence-electron chi connectivity index (χ4n) is 5.22. The molecule has 0 aromatic rings. The van der Waals surface area contributed by atoms with E-state index in [0.29, 0.717) is 17.4 Å². The molecule has 10 heteroatoms. The number of allylic oxidation sites excluding steroid dienone is 4. The molecule has 0 aliphatic rings. The molecular formula is C40H76NO8P. The molecule has 0 heterocycles. The number of likely N-dealkylation sites (N-methyl/N-ethyl adjacent to an activating group) is 1. The number of ether oxygens (including phenoxy) is 2. The summed E-state index contributed by atoms with van der Waals surface area (Å²) in [7, 11) is 1.16. The second kappa shape index (κ2) is 33.3. The van der Waals surface area contributed by atoms with Crippen LogP contribution in [0, 0.1) is 0 Å². The maximum atomic E-state index is 12.6. The van der Waals surface area contributed by atoms with Crippen molar-refractivity contribution < 1.29 is 42.1 Å². The van der Waals surface area contributed by atoms with Gasteiger partial charge in [0.05, 0.1) is 27.7 Å². The third-order valence-corrected chi connectivity index (χ3v) is 9.41. The zero-order chi connectivity index (χ0) is 37.2. The number of hydrogen-bond donors (Lipinski definition) is 0. The molecule has 0 saturated carbocycles. The number of phosphoric ester groups is 1. The van der Waals surface area contributed by atoms with Crippen molar-refractivity contribution in [2.24, 2.45) is 0 Å². The van der Waals surface area contributed by atoms with E-state index in [1.807, 2.05) is 21.1 Å². The highest BCUT2D eigenvalue weighted by molar-refractivity contribution is 7.45. The van der Waals surface area contributed by atoms with Crippen LogP contribution >= 0.6 is 7.82 Å². The molecule has 1 unspecified atom stereocenters. The number of quaternary nitrogens is 1.